The molecular formula is C18H21ClF2N4OS. The van der Waals surface area contributed by atoms with E-state index in [-0.39, 0.29) is 35.6 Å². The Hall–Kier alpha value is -1.67. The van der Waals surface area contributed by atoms with E-state index in [1.54, 1.807) is 34.2 Å². The number of halogens is 3. The fourth-order valence-electron chi connectivity index (χ4n) is 3.13. The molecule has 1 saturated carbocycles. The first-order chi connectivity index (χ1) is 12.9. The SMILES string of the molecule is CCN(C(=O)CCSC1CCC(F)(F)C1)c1cn(-c2cccnc2)nc1Cl. The molecule has 5 nitrogen and oxygen atoms in total. The lowest BCUT2D eigenvalue weighted by molar-refractivity contribution is -0.118. The molecule has 0 aliphatic heterocycles. The minimum absolute atomic E-state index is 0.0527. The van der Waals surface area contributed by atoms with E-state index < -0.39 is 5.92 Å². The van der Waals surface area contributed by atoms with Crippen molar-refractivity contribution in [3.05, 3.63) is 35.9 Å². The zero-order valence-electron chi connectivity index (χ0n) is 14.9. The van der Waals surface area contributed by atoms with Gasteiger partial charge in [0.05, 0.1) is 18.1 Å². The fourth-order valence-corrected chi connectivity index (χ4v) is 4.63. The van der Waals surface area contributed by atoms with Crippen molar-refractivity contribution in [2.75, 3.05) is 17.2 Å². The lowest BCUT2D eigenvalue weighted by atomic mass is 10.3. The number of carbonyl (C=O) groups excluding carboxylic acids is 1. The van der Waals surface area contributed by atoms with Crippen molar-refractivity contribution in [3.63, 3.8) is 0 Å². The summed E-state index contributed by atoms with van der Waals surface area (Å²) >= 11 is 7.70. The largest absolute Gasteiger partial charge is 0.308 e. The number of hydrogen-bond acceptors (Lipinski definition) is 4. The van der Waals surface area contributed by atoms with E-state index in [0.717, 1.165) is 5.69 Å². The second-order valence-corrected chi connectivity index (χ2v) is 8.21. The Morgan fingerprint density at radius 3 is 2.96 bits per heavy atom. The number of anilines is 1. The number of hydrogen-bond donors (Lipinski definition) is 0. The maximum atomic E-state index is 13.3. The predicted molar refractivity (Wildman–Crippen MR) is 104 cm³/mol. The molecule has 0 spiro atoms. The van der Waals surface area contributed by atoms with Crippen LogP contribution in [0.5, 0.6) is 0 Å². The zero-order valence-corrected chi connectivity index (χ0v) is 16.5. The molecule has 0 bridgehead atoms. The molecule has 0 radical (unpaired) electrons. The highest BCUT2D eigenvalue weighted by atomic mass is 35.5. The van der Waals surface area contributed by atoms with Gasteiger partial charge >= 0.3 is 0 Å². The topological polar surface area (TPSA) is 51.0 Å². The Bertz CT molecular complexity index is 787. The van der Waals surface area contributed by atoms with Crippen molar-refractivity contribution in [2.24, 2.45) is 0 Å². The molecule has 146 valence electrons. The molecule has 1 atom stereocenters. The Balaban J connectivity index is 1.61. The van der Waals surface area contributed by atoms with Gasteiger partial charge in [-0.1, -0.05) is 11.6 Å². The van der Waals surface area contributed by atoms with Gasteiger partial charge in [-0.25, -0.2) is 13.5 Å². The second-order valence-electron chi connectivity index (χ2n) is 6.44. The Labute approximate surface area is 166 Å². The first kappa shape index (κ1) is 20.1. The van der Waals surface area contributed by atoms with E-state index >= 15 is 0 Å². The molecule has 1 unspecified atom stereocenters. The molecule has 0 aromatic carbocycles. The van der Waals surface area contributed by atoms with Crippen LogP contribution in [0.3, 0.4) is 0 Å². The van der Waals surface area contributed by atoms with Crippen molar-refractivity contribution in [3.8, 4) is 5.69 Å². The van der Waals surface area contributed by atoms with Crippen LogP contribution in [0.4, 0.5) is 14.5 Å². The van der Waals surface area contributed by atoms with E-state index in [0.29, 0.717) is 24.4 Å². The molecule has 0 N–H and O–H groups in total. The third kappa shape index (κ3) is 4.99. The van der Waals surface area contributed by atoms with Crippen LogP contribution >= 0.6 is 23.4 Å². The first-order valence-electron chi connectivity index (χ1n) is 8.85. The Morgan fingerprint density at radius 2 is 2.33 bits per heavy atom. The van der Waals surface area contributed by atoms with Crippen molar-refractivity contribution >= 4 is 35.0 Å². The summed E-state index contributed by atoms with van der Waals surface area (Å²) in [6, 6.07) is 3.63. The van der Waals surface area contributed by atoms with Crippen LogP contribution in [-0.2, 0) is 4.79 Å². The van der Waals surface area contributed by atoms with E-state index in [9.17, 15) is 13.6 Å². The molecule has 2 aromatic rings. The maximum absolute atomic E-state index is 13.3. The monoisotopic (exact) mass is 414 g/mol. The van der Waals surface area contributed by atoms with E-state index in [4.69, 9.17) is 11.6 Å². The van der Waals surface area contributed by atoms with Gasteiger partial charge in [0.2, 0.25) is 11.8 Å². The number of aromatic nitrogens is 3. The van der Waals surface area contributed by atoms with Crippen LogP contribution in [0.2, 0.25) is 5.15 Å². The molecular weight excluding hydrogens is 394 g/mol. The first-order valence-corrected chi connectivity index (χ1v) is 10.3. The zero-order chi connectivity index (χ0) is 19.4. The number of carbonyl (C=O) groups is 1. The summed E-state index contributed by atoms with van der Waals surface area (Å²) in [5.41, 5.74) is 1.28. The lowest BCUT2D eigenvalue weighted by Crippen LogP contribution is -2.31. The summed E-state index contributed by atoms with van der Waals surface area (Å²) < 4.78 is 28.1. The lowest BCUT2D eigenvalue weighted by Gasteiger charge is -2.20. The number of alkyl halides is 2. The molecule has 9 heteroatoms. The maximum Gasteiger partial charge on any atom is 0.249 e. The minimum Gasteiger partial charge on any atom is -0.308 e. The highest BCUT2D eigenvalue weighted by Gasteiger charge is 2.39. The molecule has 2 heterocycles. The molecule has 1 fully saturated rings. The molecule has 0 saturated heterocycles. The number of nitrogens with zero attached hydrogens (tertiary/aromatic N) is 4. The van der Waals surface area contributed by atoms with Crippen molar-refractivity contribution < 1.29 is 13.6 Å². The van der Waals surface area contributed by atoms with Gasteiger partial charge < -0.3 is 4.90 Å². The third-order valence-corrected chi connectivity index (χ3v) is 6.08. The van der Waals surface area contributed by atoms with Crippen LogP contribution < -0.4 is 4.90 Å². The number of amides is 1. The van der Waals surface area contributed by atoms with Gasteiger partial charge in [0.25, 0.3) is 0 Å². The van der Waals surface area contributed by atoms with Gasteiger partial charge in [-0.15, -0.1) is 0 Å². The van der Waals surface area contributed by atoms with Crippen LogP contribution in [0, 0.1) is 0 Å². The molecule has 1 aliphatic carbocycles. The van der Waals surface area contributed by atoms with E-state index in [1.165, 1.54) is 11.8 Å². The molecule has 3 rings (SSSR count). The number of thioether (sulfide) groups is 1. The summed E-state index contributed by atoms with van der Waals surface area (Å²) in [6.45, 7) is 2.31. The molecule has 27 heavy (non-hydrogen) atoms. The Kier molecular flexibility index (Phi) is 6.37. The molecule has 1 amide bonds. The van der Waals surface area contributed by atoms with E-state index in [1.807, 2.05) is 13.0 Å². The quantitative estimate of drug-likeness (QED) is 0.665. The normalized spacial score (nSPS) is 18.6. The van der Waals surface area contributed by atoms with Crippen LogP contribution in [-0.4, -0.2) is 44.1 Å². The fraction of sp³-hybridized carbons (Fsp3) is 0.500. The highest BCUT2D eigenvalue weighted by Crippen LogP contribution is 2.40. The standard InChI is InChI=1S/C18H21ClF2N4OS/c1-2-24(16(26)6-9-27-14-5-7-18(20,21)10-14)15-12-25(23-17(15)19)13-4-3-8-22-11-13/h3-4,8,11-12,14H,2,5-7,9-10H2,1H3. The van der Waals surface area contributed by atoms with Crippen molar-refractivity contribution in [2.45, 2.75) is 43.8 Å². The minimum atomic E-state index is -2.55. The number of pyridine rings is 1. The summed E-state index contributed by atoms with van der Waals surface area (Å²) in [5.74, 6) is -2.13. The summed E-state index contributed by atoms with van der Waals surface area (Å²) in [7, 11) is 0. The van der Waals surface area contributed by atoms with Crippen molar-refractivity contribution in [1.29, 1.82) is 0 Å². The van der Waals surface area contributed by atoms with Crippen molar-refractivity contribution in [1.82, 2.24) is 14.8 Å². The van der Waals surface area contributed by atoms with Gasteiger partial charge in [-0.05, 0) is 25.5 Å². The molecule has 1 aliphatic rings. The summed E-state index contributed by atoms with van der Waals surface area (Å²) in [6.07, 6.45) is 5.65. The number of rotatable bonds is 7. The van der Waals surface area contributed by atoms with Gasteiger partial charge in [-0.3, -0.25) is 9.78 Å². The highest BCUT2D eigenvalue weighted by molar-refractivity contribution is 7.99. The van der Waals surface area contributed by atoms with Gasteiger partial charge in [0.15, 0.2) is 5.15 Å². The molecule has 2 aromatic heterocycles. The van der Waals surface area contributed by atoms with Crippen LogP contribution in [0.1, 0.15) is 32.6 Å². The Morgan fingerprint density at radius 1 is 1.52 bits per heavy atom. The average molecular weight is 415 g/mol. The van der Waals surface area contributed by atoms with Gasteiger partial charge in [0, 0.05) is 43.0 Å². The van der Waals surface area contributed by atoms with Crippen LogP contribution in [0.15, 0.2) is 30.7 Å². The smallest absolute Gasteiger partial charge is 0.249 e. The van der Waals surface area contributed by atoms with E-state index in [2.05, 4.69) is 10.1 Å². The third-order valence-electron chi connectivity index (χ3n) is 4.50. The average Bonchev–Trinajstić information content (AvgIpc) is 3.19. The summed E-state index contributed by atoms with van der Waals surface area (Å²) in [4.78, 5) is 18.3. The van der Waals surface area contributed by atoms with Gasteiger partial charge in [0.1, 0.15) is 5.69 Å². The van der Waals surface area contributed by atoms with Gasteiger partial charge in [-0.2, -0.15) is 16.9 Å². The van der Waals surface area contributed by atoms with Crippen LogP contribution in [0.25, 0.3) is 5.69 Å². The second kappa shape index (κ2) is 8.56. The predicted octanol–water partition coefficient (Wildman–Crippen LogP) is 4.58. The summed E-state index contributed by atoms with van der Waals surface area (Å²) in [5, 5.41) is 4.41.